The van der Waals surface area contributed by atoms with E-state index in [1.165, 1.54) is 18.2 Å². The smallest absolute Gasteiger partial charge is 0.274 e. The number of hydrogen-bond acceptors (Lipinski definition) is 4. The molecule has 31 heavy (non-hydrogen) atoms. The number of benzene rings is 2. The van der Waals surface area contributed by atoms with Crippen LogP contribution in [0.15, 0.2) is 48.7 Å². The maximum atomic E-state index is 14.3. The molecule has 1 aromatic heterocycles. The minimum atomic E-state index is -3.03. The molecule has 4 nitrogen and oxygen atoms in total. The number of alkyl halides is 2. The molecule has 0 N–H and O–H groups in total. The van der Waals surface area contributed by atoms with Crippen molar-refractivity contribution in [2.75, 3.05) is 6.61 Å². The van der Waals surface area contributed by atoms with Crippen LogP contribution in [0.5, 0.6) is 17.4 Å². The molecule has 0 saturated carbocycles. The molecule has 1 heterocycles. The Labute approximate surface area is 188 Å². The van der Waals surface area contributed by atoms with Gasteiger partial charge in [-0.25, -0.2) is 13.8 Å². The first-order chi connectivity index (χ1) is 14.8. The standard InChI is InChI=1S/C22H19Cl2F3N2O2/c1-2-10-22(26,27)17-12-16(7-8-18(17)23)31-15-5-3-14(4-6-15)9-11-30-20-19(25)13-28-21(24)29-20/h3-8,12-13H,2,9-11H2,1H3. The predicted octanol–water partition coefficient (Wildman–Crippen LogP) is 7.23. The first-order valence-corrected chi connectivity index (χ1v) is 10.3. The van der Waals surface area contributed by atoms with Gasteiger partial charge in [0.15, 0.2) is 0 Å². The lowest BCUT2D eigenvalue weighted by Crippen LogP contribution is -2.13. The number of hydrogen-bond donors (Lipinski definition) is 0. The summed E-state index contributed by atoms with van der Waals surface area (Å²) in [6.07, 6.45) is 1.46. The van der Waals surface area contributed by atoms with Crippen LogP contribution in [0.1, 0.15) is 30.9 Å². The Bertz CT molecular complexity index is 1030. The van der Waals surface area contributed by atoms with Crippen molar-refractivity contribution in [2.24, 2.45) is 0 Å². The first-order valence-electron chi connectivity index (χ1n) is 9.54. The van der Waals surface area contributed by atoms with E-state index < -0.39 is 11.7 Å². The Morgan fingerprint density at radius 1 is 1.03 bits per heavy atom. The van der Waals surface area contributed by atoms with Crippen LogP contribution in [0.3, 0.4) is 0 Å². The van der Waals surface area contributed by atoms with Crippen LogP contribution >= 0.6 is 23.2 Å². The third kappa shape index (κ3) is 6.24. The summed E-state index contributed by atoms with van der Waals surface area (Å²) in [5, 5.41) is -0.0988. The van der Waals surface area contributed by atoms with Gasteiger partial charge < -0.3 is 9.47 Å². The second kappa shape index (κ2) is 10.2. The molecule has 0 aliphatic heterocycles. The molecular weight excluding hydrogens is 452 g/mol. The topological polar surface area (TPSA) is 44.2 Å². The maximum Gasteiger partial charge on any atom is 0.274 e. The zero-order valence-corrected chi connectivity index (χ0v) is 18.1. The molecule has 0 unspecified atom stereocenters. The second-order valence-electron chi connectivity index (χ2n) is 6.73. The van der Waals surface area contributed by atoms with Crippen molar-refractivity contribution < 1.29 is 22.6 Å². The Balaban J connectivity index is 1.61. The number of rotatable bonds is 9. The molecule has 0 fully saturated rings. The SMILES string of the molecule is CCCC(F)(F)c1cc(Oc2ccc(CCOc3nc(Cl)ncc3F)cc2)ccc1Cl. The monoisotopic (exact) mass is 470 g/mol. The zero-order chi connectivity index (χ0) is 22.4. The van der Waals surface area contributed by atoms with Crippen molar-refractivity contribution >= 4 is 23.2 Å². The molecule has 0 amide bonds. The number of aromatic nitrogens is 2. The van der Waals surface area contributed by atoms with Crippen molar-refractivity contribution in [3.05, 3.63) is 75.9 Å². The predicted molar refractivity (Wildman–Crippen MR) is 113 cm³/mol. The van der Waals surface area contributed by atoms with E-state index in [0.717, 1.165) is 11.8 Å². The van der Waals surface area contributed by atoms with Gasteiger partial charge in [0.1, 0.15) is 11.5 Å². The maximum absolute atomic E-state index is 14.3. The number of halogens is 5. The highest BCUT2D eigenvalue weighted by molar-refractivity contribution is 6.31. The lowest BCUT2D eigenvalue weighted by molar-refractivity contribution is -0.0140. The molecule has 2 aromatic carbocycles. The first kappa shape index (κ1) is 23.2. The fourth-order valence-electron chi connectivity index (χ4n) is 2.86. The summed E-state index contributed by atoms with van der Waals surface area (Å²) in [7, 11) is 0. The minimum absolute atomic E-state index is 0.00237. The highest BCUT2D eigenvalue weighted by atomic mass is 35.5. The molecule has 0 aliphatic carbocycles. The summed E-state index contributed by atoms with van der Waals surface area (Å²) in [5.41, 5.74) is 0.651. The molecule has 0 bridgehead atoms. The van der Waals surface area contributed by atoms with Crippen LogP contribution in [0.25, 0.3) is 0 Å². The quantitative estimate of drug-likeness (QED) is 0.309. The molecule has 3 rings (SSSR count). The summed E-state index contributed by atoms with van der Waals surface area (Å²) in [6.45, 7) is 1.87. The molecule has 9 heteroatoms. The van der Waals surface area contributed by atoms with Gasteiger partial charge in [-0.15, -0.1) is 0 Å². The van der Waals surface area contributed by atoms with Crippen molar-refractivity contribution in [1.29, 1.82) is 0 Å². The van der Waals surface area contributed by atoms with Crippen LogP contribution in [-0.2, 0) is 12.3 Å². The third-order valence-corrected chi connectivity index (χ3v) is 4.88. The van der Waals surface area contributed by atoms with Crippen molar-refractivity contribution in [1.82, 2.24) is 9.97 Å². The average Bonchev–Trinajstić information content (AvgIpc) is 2.73. The lowest BCUT2D eigenvalue weighted by Gasteiger charge is -2.18. The summed E-state index contributed by atoms with van der Waals surface area (Å²) in [6, 6.07) is 11.2. The average molecular weight is 471 g/mol. The minimum Gasteiger partial charge on any atom is -0.475 e. The molecule has 3 aromatic rings. The largest absolute Gasteiger partial charge is 0.475 e. The fraction of sp³-hybridized carbons (Fsp3) is 0.273. The van der Waals surface area contributed by atoms with Gasteiger partial charge in [-0.2, -0.15) is 9.37 Å². The lowest BCUT2D eigenvalue weighted by atomic mass is 10.0. The van der Waals surface area contributed by atoms with E-state index in [4.69, 9.17) is 32.7 Å². The van der Waals surface area contributed by atoms with E-state index in [1.54, 1.807) is 31.2 Å². The molecule has 0 saturated heterocycles. The highest BCUT2D eigenvalue weighted by Gasteiger charge is 2.33. The van der Waals surface area contributed by atoms with Crippen molar-refractivity contribution in [2.45, 2.75) is 32.1 Å². The highest BCUT2D eigenvalue weighted by Crippen LogP contribution is 2.39. The van der Waals surface area contributed by atoms with E-state index in [-0.39, 0.29) is 40.5 Å². The van der Waals surface area contributed by atoms with Crippen molar-refractivity contribution in [3.8, 4) is 17.4 Å². The van der Waals surface area contributed by atoms with E-state index in [2.05, 4.69) is 9.97 Å². The van der Waals surface area contributed by atoms with Gasteiger partial charge in [0, 0.05) is 18.4 Å². The normalized spacial score (nSPS) is 11.4. The van der Waals surface area contributed by atoms with Gasteiger partial charge in [0.2, 0.25) is 11.1 Å². The second-order valence-corrected chi connectivity index (χ2v) is 7.48. The summed E-state index contributed by atoms with van der Waals surface area (Å²) in [5.74, 6) is -3.19. The van der Waals surface area contributed by atoms with Gasteiger partial charge in [-0.1, -0.05) is 37.1 Å². The summed E-state index contributed by atoms with van der Waals surface area (Å²) in [4.78, 5) is 7.20. The number of ether oxygens (including phenoxy) is 2. The molecule has 164 valence electrons. The van der Waals surface area contributed by atoms with E-state index in [0.29, 0.717) is 18.6 Å². The van der Waals surface area contributed by atoms with Crippen molar-refractivity contribution in [3.63, 3.8) is 0 Å². The van der Waals surface area contributed by atoms with Crippen LogP contribution in [0, 0.1) is 5.82 Å². The van der Waals surface area contributed by atoms with Gasteiger partial charge in [0.05, 0.1) is 17.8 Å². The Morgan fingerprint density at radius 3 is 2.45 bits per heavy atom. The fourth-order valence-corrected chi connectivity index (χ4v) is 3.24. The van der Waals surface area contributed by atoms with E-state index in [9.17, 15) is 13.2 Å². The Hall–Kier alpha value is -2.51. The van der Waals surface area contributed by atoms with Crippen LogP contribution in [0.2, 0.25) is 10.3 Å². The Kier molecular flexibility index (Phi) is 7.62. The summed E-state index contributed by atoms with van der Waals surface area (Å²) >= 11 is 11.6. The van der Waals surface area contributed by atoms with Crippen LogP contribution in [-0.4, -0.2) is 16.6 Å². The van der Waals surface area contributed by atoms with Gasteiger partial charge in [-0.05, 0) is 47.5 Å². The summed E-state index contributed by atoms with van der Waals surface area (Å²) < 4.78 is 53.1. The van der Waals surface area contributed by atoms with Gasteiger partial charge in [-0.3, -0.25) is 0 Å². The molecule has 0 radical (unpaired) electrons. The third-order valence-electron chi connectivity index (χ3n) is 4.37. The van der Waals surface area contributed by atoms with Crippen LogP contribution < -0.4 is 9.47 Å². The number of nitrogens with zero attached hydrogens (tertiary/aromatic N) is 2. The zero-order valence-electron chi connectivity index (χ0n) is 16.5. The van der Waals surface area contributed by atoms with Crippen LogP contribution in [0.4, 0.5) is 13.2 Å². The molecule has 0 atom stereocenters. The van der Waals surface area contributed by atoms with E-state index >= 15 is 0 Å². The molecular formula is C22H19Cl2F3N2O2. The van der Waals surface area contributed by atoms with Gasteiger partial charge >= 0.3 is 0 Å². The molecule has 0 aliphatic rings. The van der Waals surface area contributed by atoms with E-state index in [1.807, 2.05) is 0 Å². The van der Waals surface area contributed by atoms with Gasteiger partial charge in [0.25, 0.3) is 11.8 Å². The molecule has 0 spiro atoms. The Morgan fingerprint density at radius 2 is 1.74 bits per heavy atom.